The van der Waals surface area contributed by atoms with Crippen molar-refractivity contribution in [1.29, 1.82) is 0 Å². The van der Waals surface area contributed by atoms with Gasteiger partial charge in [0.25, 0.3) is 6.71 Å². The Bertz CT molecular complexity index is 3010. The average molecular weight is 690 g/mol. The zero-order chi connectivity index (χ0) is 35.1. The van der Waals surface area contributed by atoms with Crippen molar-refractivity contribution >= 4 is 44.9 Å². The van der Waals surface area contributed by atoms with E-state index in [2.05, 4.69) is 162 Å². The lowest BCUT2D eigenvalue weighted by atomic mass is 9.35. The van der Waals surface area contributed by atoms with Crippen LogP contribution < -0.4 is 30.6 Å². The fourth-order valence-corrected chi connectivity index (χ4v) is 10.2. The number of hydrogen-bond donors (Lipinski definition) is 0. The van der Waals surface area contributed by atoms with Crippen LogP contribution in [-0.4, -0.2) is 11.3 Å². The minimum atomic E-state index is -0.539. The molecule has 0 saturated carbocycles. The minimum absolute atomic E-state index is 0.0262. The fraction of sp³-hybridized carbons (Fsp3) is 0.0204. The molecule has 4 heterocycles. The Kier molecular flexibility index (Phi) is 5.36. The molecule has 0 fully saturated rings. The lowest BCUT2D eigenvalue weighted by molar-refractivity contribution is 0.436. The van der Waals surface area contributed by atoms with Crippen molar-refractivity contribution in [2.75, 3.05) is 0 Å². The summed E-state index contributed by atoms with van der Waals surface area (Å²) in [7, 11) is 0. The molecule has 0 saturated heterocycles. The molecule has 1 aromatic heterocycles. The normalized spacial score (nSPS) is 14.5. The molecule has 1 aliphatic carbocycles. The van der Waals surface area contributed by atoms with Gasteiger partial charge in [-0.1, -0.05) is 121 Å². The molecule has 0 N–H and O–H groups in total. The lowest BCUT2D eigenvalue weighted by Gasteiger charge is -2.39. The van der Waals surface area contributed by atoms with Gasteiger partial charge in [-0.2, -0.15) is 0 Å². The van der Waals surface area contributed by atoms with Gasteiger partial charge in [0.2, 0.25) is 0 Å². The molecule has 3 aliphatic heterocycles. The van der Waals surface area contributed by atoms with Crippen molar-refractivity contribution in [3.63, 3.8) is 0 Å². The van der Waals surface area contributed by atoms with Crippen molar-refractivity contribution in [3.05, 3.63) is 192 Å². The van der Waals surface area contributed by atoms with E-state index in [4.69, 9.17) is 14.2 Å². The monoisotopic (exact) mass is 689 g/mol. The van der Waals surface area contributed by atoms with Crippen molar-refractivity contribution in [1.82, 2.24) is 4.57 Å². The number of benzene rings is 8. The summed E-state index contributed by atoms with van der Waals surface area (Å²) in [6.45, 7) is 0.0262. The summed E-state index contributed by atoms with van der Waals surface area (Å²) in [6.07, 6.45) is 0. The molecule has 9 aromatic rings. The van der Waals surface area contributed by atoms with Crippen LogP contribution in [0.5, 0.6) is 34.5 Å². The van der Waals surface area contributed by atoms with Crippen LogP contribution >= 0.6 is 0 Å². The van der Waals surface area contributed by atoms with Crippen LogP contribution in [0.25, 0.3) is 38.6 Å². The molecule has 0 amide bonds. The molecular weight excluding hydrogens is 661 g/mol. The summed E-state index contributed by atoms with van der Waals surface area (Å²) in [5, 5.41) is 2.43. The van der Waals surface area contributed by atoms with Crippen LogP contribution in [0.3, 0.4) is 0 Å². The number of para-hydroxylation sites is 5. The SMILES string of the molecule is c1ccc2c(c1)Oc1cc(-n3c4ccccc4c4c5c(ccc43)C3(c4ccccc4Oc4ccccc43)c3ccccc3-5)cc3c1B2c1ccccc1O3. The Hall–Kier alpha value is -6.98. The molecule has 0 unspecified atom stereocenters. The predicted molar refractivity (Wildman–Crippen MR) is 216 cm³/mol. The van der Waals surface area contributed by atoms with E-state index in [-0.39, 0.29) is 6.71 Å². The second-order valence-electron chi connectivity index (χ2n) is 14.7. The van der Waals surface area contributed by atoms with Crippen molar-refractivity contribution in [3.8, 4) is 51.3 Å². The molecule has 1 spiro atoms. The second-order valence-corrected chi connectivity index (χ2v) is 14.7. The summed E-state index contributed by atoms with van der Waals surface area (Å²) in [5.41, 5.74) is 13.5. The number of nitrogens with zero attached hydrogens (tertiary/aromatic N) is 1. The van der Waals surface area contributed by atoms with Gasteiger partial charge in [-0.3, -0.25) is 0 Å². The number of fused-ring (bicyclic) bond motifs is 17. The predicted octanol–water partition coefficient (Wildman–Crippen LogP) is 9.98. The first kappa shape index (κ1) is 28.6. The van der Waals surface area contributed by atoms with E-state index >= 15 is 0 Å². The highest BCUT2D eigenvalue weighted by Gasteiger charge is 2.51. The van der Waals surface area contributed by atoms with Gasteiger partial charge in [-0.25, -0.2) is 0 Å². The molecule has 5 heteroatoms. The zero-order valence-electron chi connectivity index (χ0n) is 28.9. The average Bonchev–Trinajstić information content (AvgIpc) is 3.71. The highest BCUT2D eigenvalue weighted by Crippen LogP contribution is 2.63. The van der Waals surface area contributed by atoms with Gasteiger partial charge in [0.15, 0.2) is 0 Å². The van der Waals surface area contributed by atoms with E-state index in [1.54, 1.807) is 0 Å². The van der Waals surface area contributed by atoms with Crippen LogP contribution in [0, 0.1) is 0 Å². The summed E-state index contributed by atoms with van der Waals surface area (Å²) < 4.78 is 22.5. The van der Waals surface area contributed by atoms with Gasteiger partial charge < -0.3 is 18.8 Å². The summed E-state index contributed by atoms with van der Waals surface area (Å²) in [5.74, 6) is 5.21. The van der Waals surface area contributed by atoms with Gasteiger partial charge in [0.1, 0.15) is 34.5 Å². The largest absolute Gasteiger partial charge is 0.458 e. The Balaban J connectivity index is 1.12. The van der Waals surface area contributed by atoms with E-state index in [0.29, 0.717) is 0 Å². The van der Waals surface area contributed by atoms with Crippen LogP contribution in [0.15, 0.2) is 170 Å². The quantitative estimate of drug-likeness (QED) is 0.161. The number of ether oxygens (including phenoxy) is 3. The maximum Gasteiger partial charge on any atom is 0.260 e. The first-order chi connectivity index (χ1) is 26.8. The van der Waals surface area contributed by atoms with Crippen molar-refractivity contribution in [2.24, 2.45) is 0 Å². The first-order valence-corrected chi connectivity index (χ1v) is 18.5. The van der Waals surface area contributed by atoms with Gasteiger partial charge in [-0.15, -0.1) is 0 Å². The van der Waals surface area contributed by atoms with E-state index in [1.165, 1.54) is 33.0 Å². The van der Waals surface area contributed by atoms with Gasteiger partial charge >= 0.3 is 0 Å². The van der Waals surface area contributed by atoms with Crippen LogP contribution in [0.2, 0.25) is 0 Å². The molecular formula is C49H28BNO3. The maximum atomic E-state index is 6.76. The Labute approximate surface area is 311 Å². The molecule has 0 bridgehead atoms. The number of rotatable bonds is 1. The first-order valence-electron chi connectivity index (χ1n) is 18.5. The second kappa shape index (κ2) is 10.1. The van der Waals surface area contributed by atoms with Crippen LogP contribution in [0.4, 0.5) is 0 Å². The van der Waals surface area contributed by atoms with E-state index in [9.17, 15) is 0 Å². The highest BCUT2D eigenvalue weighted by atomic mass is 16.5. The zero-order valence-corrected chi connectivity index (χ0v) is 28.9. The fourth-order valence-electron chi connectivity index (χ4n) is 10.2. The molecule has 4 aliphatic rings. The Morgan fingerprint density at radius 3 is 1.65 bits per heavy atom. The molecule has 4 nitrogen and oxygen atoms in total. The Morgan fingerprint density at radius 1 is 0.426 bits per heavy atom. The molecule has 0 radical (unpaired) electrons. The topological polar surface area (TPSA) is 32.6 Å². The highest BCUT2D eigenvalue weighted by molar-refractivity contribution is 6.98. The van der Waals surface area contributed by atoms with E-state index < -0.39 is 5.41 Å². The molecule has 0 atom stereocenters. The third-order valence-corrected chi connectivity index (χ3v) is 12.2. The van der Waals surface area contributed by atoms with Gasteiger partial charge in [-0.05, 0) is 69.6 Å². The molecule has 8 aromatic carbocycles. The Morgan fingerprint density at radius 2 is 0.963 bits per heavy atom. The minimum Gasteiger partial charge on any atom is -0.458 e. The maximum absolute atomic E-state index is 6.76. The van der Waals surface area contributed by atoms with E-state index in [0.717, 1.165) is 78.7 Å². The lowest BCUT2D eigenvalue weighted by Crippen LogP contribution is -2.57. The summed E-state index contributed by atoms with van der Waals surface area (Å²) >= 11 is 0. The third kappa shape index (κ3) is 3.41. The van der Waals surface area contributed by atoms with Crippen molar-refractivity contribution < 1.29 is 14.2 Å². The molecule has 54 heavy (non-hydrogen) atoms. The number of hydrogen-bond acceptors (Lipinski definition) is 3. The van der Waals surface area contributed by atoms with E-state index in [1.807, 2.05) is 12.1 Å². The molecule has 250 valence electrons. The standard InChI is InChI=1S/C49H28BNO3/c1-3-15-32-30(13-1)46-35(49(32)33-16-4-9-21-40(33)52-41-22-10-5-17-34(41)49)25-26-39-47(46)31-14-2-8-20-38(31)51(39)29-27-44-48-45(28-29)54-43-24-12-7-19-37(43)50(48)36-18-6-11-23-42(36)53-44/h1-28H. The summed E-state index contributed by atoms with van der Waals surface area (Å²) in [6, 6.07) is 60.7. The van der Waals surface area contributed by atoms with Crippen LogP contribution in [0.1, 0.15) is 22.3 Å². The van der Waals surface area contributed by atoms with Gasteiger partial charge in [0, 0.05) is 39.5 Å². The third-order valence-electron chi connectivity index (χ3n) is 12.2. The van der Waals surface area contributed by atoms with Gasteiger partial charge in [0.05, 0.1) is 22.1 Å². The van der Waals surface area contributed by atoms with Crippen LogP contribution in [-0.2, 0) is 5.41 Å². The summed E-state index contributed by atoms with van der Waals surface area (Å²) in [4.78, 5) is 0. The van der Waals surface area contributed by atoms with Crippen molar-refractivity contribution in [2.45, 2.75) is 5.41 Å². The molecule has 13 rings (SSSR count). The number of aromatic nitrogens is 1. The smallest absolute Gasteiger partial charge is 0.260 e.